The SMILES string of the molecule is CCO[C](=[Cr])/C=C(\N(Cc1ccccc1)Cc1ccccc1)C(C)(C)OCC.[C-]#[O+].[C-]#[O+].[C-]#[O+].[C-]#[O+].[C-]#[O+]. The molecule has 2 rings (SSSR count). The van der Waals surface area contributed by atoms with E-state index in [2.05, 4.69) is 122 Å². The van der Waals surface area contributed by atoms with Crippen molar-refractivity contribution in [2.75, 3.05) is 13.2 Å². The maximum absolute atomic E-state index is 7.50. The van der Waals surface area contributed by atoms with Gasteiger partial charge in [-0.15, -0.1) is 0 Å². The fourth-order valence-corrected chi connectivity index (χ4v) is 3.57. The molecule has 0 aliphatic carbocycles. The normalized spacial score (nSPS) is 9.16. The van der Waals surface area contributed by atoms with Crippen molar-refractivity contribution in [3.8, 4) is 0 Å². The first kappa shape index (κ1) is 42.1. The van der Waals surface area contributed by atoms with E-state index in [0.29, 0.717) is 13.2 Å². The summed E-state index contributed by atoms with van der Waals surface area (Å²) in [6.07, 6.45) is 2.07. The molecule has 0 saturated heterocycles. The summed E-state index contributed by atoms with van der Waals surface area (Å²) in [6, 6.07) is 21.1. The van der Waals surface area contributed by atoms with E-state index in [1.807, 2.05) is 26.0 Å². The Morgan fingerprint density at radius 3 is 1.42 bits per heavy atom. The molecule has 0 heterocycles. The second-order valence-corrected chi connectivity index (χ2v) is 7.68. The molecule has 2 aromatic carbocycles. The van der Waals surface area contributed by atoms with Crippen molar-refractivity contribution >= 4 is 4.57 Å². The van der Waals surface area contributed by atoms with Gasteiger partial charge in [0.2, 0.25) is 0 Å². The zero-order chi connectivity index (χ0) is 30.4. The van der Waals surface area contributed by atoms with Gasteiger partial charge < -0.3 is 0 Å². The van der Waals surface area contributed by atoms with Crippen LogP contribution in [0.2, 0.25) is 0 Å². The Labute approximate surface area is 234 Å². The van der Waals surface area contributed by atoms with Gasteiger partial charge >= 0.3 is 234 Å². The summed E-state index contributed by atoms with van der Waals surface area (Å²) >= 11 is 3.04. The van der Waals surface area contributed by atoms with Gasteiger partial charge in [0.15, 0.2) is 0 Å². The summed E-state index contributed by atoms with van der Waals surface area (Å²) in [7, 11) is 0. The summed E-state index contributed by atoms with van der Waals surface area (Å²) in [6.45, 7) is 33.6. The zero-order valence-electron chi connectivity index (χ0n) is 21.9. The van der Waals surface area contributed by atoms with E-state index in [1.165, 1.54) is 11.1 Å². The number of nitrogens with zero attached hydrogens (tertiary/aromatic N) is 1. The van der Waals surface area contributed by atoms with Crippen LogP contribution < -0.4 is 0 Å². The van der Waals surface area contributed by atoms with Gasteiger partial charge in [0.05, 0.1) is 0 Å². The Hall–Kier alpha value is -3.00. The molecule has 0 spiro atoms. The molecule has 0 bridgehead atoms. The third-order valence-corrected chi connectivity index (χ3v) is 4.80. The Morgan fingerprint density at radius 1 is 0.737 bits per heavy atom. The molecule has 9 heteroatoms. The van der Waals surface area contributed by atoms with Crippen molar-refractivity contribution in [1.82, 2.24) is 4.90 Å². The van der Waals surface area contributed by atoms with Crippen LogP contribution in [0.1, 0.15) is 38.8 Å². The van der Waals surface area contributed by atoms with Crippen molar-refractivity contribution in [3.63, 3.8) is 0 Å². The third-order valence-electron chi connectivity index (χ3n) is 4.44. The van der Waals surface area contributed by atoms with Crippen molar-refractivity contribution in [2.24, 2.45) is 0 Å². The fourth-order valence-electron chi connectivity index (χ4n) is 3.21. The average molecular weight is 558 g/mol. The molecular weight excluding hydrogens is 526 g/mol. The number of ether oxygens (including phenoxy) is 2. The Kier molecular flexibility index (Phi) is 33.5. The minimum absolute atomic E-state index is 0.454. The molecule has 0 N–H and O–H groups in total. The molecule has 0 fully saturated rings. The van der Waals surface area contributed by atoms with Crippen LogP contribution in [0.3, 0.4) is 0 Å². The van der Waals surface area contributed by atoms with E-state index in [0.717, 1.165) is 23.4 Å². The van der Waals surface area contributed by atoms with Crippen LogP contribution in [0.4, 0.5) is 0 Å². The first-order valence-corrected chi connectivity index (χ1v) is 11.5. The molecule has 0 aliphatic rings. The van der Waals surface area contributed by atoms with Gasteiger partial charge in [-0.1, -0.05) is 0 Å². The third kappa shape index (κ3) is 19.2. The molecule has 200 valence electrons. The van der Waals surface area contributed by atoms with E-state index in [4.69, 9.17) is 32.7 Å². The molecule has 0 amide bonds. The molecule has 0 saturated carbocycles. The minimum atomic E-state index is -0.454. The molecule has 38 heavy (non-hydrogen) atoms. The monoisotopic (exact) mass is 557 g/mol. The summed E-state index contributed by atoms with van der Waals surface area (Å²) < 4.78 is 50.1. The molecule has 0 radical (unpaired) electrons. The predicted octanol–water partition coefficient (Wildman–Crippen LogP) is 4.91. The molecule has 0 atom stereocenters. The van der Waals surface area contributed by atoms with Crippen LogP contribution in [0.15, 0.2) is 72.4 Å². The number of hydrogen-bond donors (Lipinski definition) is 0. The van der Waals surface area contributed by atoms with Gasteiger partial charge in [-0.3, -0.25) is 0 Å². The topological polar surface area (TPSA) is 121 Å². The van der Waals surface area contributed by atoms with Gasteiger partial charge in [-0.05, 0) is 0 Å². The van der Waals surface area contributed by atoms with E-state index in [-0.39, 0.29) is 0 Å². The quantitative estimate of drug-likeness (QED) is 0.288. The predicted molar refractivity (Wildman–Crippen MR) is 132 cm³/mol. The first-order valence-electron chi connectivity index (χ1n) is 10.8. The van der Waals surface area contributed by atoms with E-state index >= 15 is 0 Å². The molecule has 0 unspecified atom stereocenters. The van der Waals surface area contributed by atoms with Crippen LogP contribution in [0, 0.1) is 33.3 Å². The van der Waals surface area contributed by atoms with Crippen LogP contribution in [0.5, 0.6) is 0 Å². The van der Waals surface area contributed by atoms with E-state index in [9.17, 15) is 0 Å². The maximum atomic E-state index is 7.50. The van der Waals surface area contributed by atoms with Crippen LogP contribution in [-0.2, 0) is 61.7 Å². The second kappa shape index (κ2) is 30.2. The van der Waals surface area contributed by atoms with Gasteiger partial charge in [-0.2, -0.15) is 0 Å². The van der Waals surface area contributed by atoms with Crippen molar-refractivity contribution in [2.45, 2.75) is 46.4 Å². The molecular formula is C29H31CrNO7. The van der Waals surface area contributed by atoms with E-state index in [1.54, 1.807) is 0 Å². The van der Waals surface area contributed by atoms with Gasteiger partial charge in [0.25, 0.3) is 0 Å². The molecule has 0 aromatic heterocycles. The Morgan fingerprint density at radius 2 is 1.11 bits per heavy atom. The summed E-state index contributed by atoms with van der Waals surface area (Å²) in [4.78, 5) is 2.37. The molecule has 2 aromatic rings. The summed E-state index contributed by atoms with van der Waals surface area (Å²) in [5.41, 5.74) is 3.15. The first-order chi connectivity index (χ1) is 18.5. The van der Waals surface area contributed by atoms with Gasteiger partial charge in [-0.25, -0.2) is 0 Å². The van der Waals surface area contributed by atoms with Crippen LogP contribution in [-0.4, -0.2) is 28.3 Å². The molecule has 0 aliphatic heterocycles. The van der Waals surface area contributed by atoms with Crippen LogP contribution >= 0.6 is 0 Å². The van der Waals surface area contributed by atoms with Crippen molar-refractivity contribution < 1.29 is 48.6 Å². The number of rotatable bonds is 11. The summed E-state index contributed by atoms with van der Waals surface area (Å²) in [5, 5.41) is 0. The van der Waals surface area contributed by atoms with Gasteiger partial charge in [0.1, 0.15) is 0 Å². The number of hydrogen-bond acceptors (Lipinski definition) is 3. The van der Waals surface area contributed by atoms with E-state index < -0.39 is 5.60 Å². The average Bonchev–Trinajstić information content (AvgIpc) is 2.98. The van der Waals surface area contributed by atoms with Gasteiger partial charge in [0, 0.05) is 0 Å². The Balaban J connectivity index is -0.000000517. The summed E-state index contributed by atoms with van der Waals surface area (Å²) in [5.74, 6) is 0. The standard InChI is InChI=1S/C24H31NO2.5CO.Cr/c1-5-26-18-17-23(24(3,4)27-6-2)25(19-21-13-9-7-10-14-21)20-22-15-11-8-12-16-22;5*1-2;/h7-17H,5-6,19-20H2,1-4H3;;;;;;/b23-17-;;;;;;. The van der Waals surface area contributed by atoms with Crippen molar-refractivity contribution in [3.05, 3.63) is 117 Å². The fraction of sp³-hybridized carbons (Fsp3) is 0.310. The Bertz CT molecular complexity index is 902. The second-order valence-electron chi connectivity index (χ2n) is 7.05. The molecule has 8 nitrogen and oxygen atoms in total. The van der Waals surface area contributed by atoms with Crippen LogP contribution in [0.25, 0.3) is 0 Å². The van der Waals surface area contributed by atoms with Crippen molar-refractivity contribution in [1.29, 1.82) is 0 Å². The zero-order valence-corrected chi connectivity index (χ0v) is 23.2. The number of benzene rings is 2.